The maximum Gasteiger partial charge on any atom is 0.326 e. The Morgan fingerprint density at radius 2 is 2.10 bits per heavy atom. The van der Waals surface area contributed by atoms with Crippen molar-refractivity contribution < 1.29 is 18.3 Å². The van der Waals surface area contributed by atoms with Crippen molar-refractivity contribution in [3.8, 4) is 0 Å². The summed E-state index contributed by atoms with van der Waals surface area (Å²) in [6, 6.07) is -0.758. The van der Waals surface area contributed by atoms with Crippen molar-refractivity contribution in [1.29, 1.82) is 0 Å². The molecule has 1 heterocycles. The van der Waals surface area contributed by atoms with Gasteiger partial charge in [0.15, 0.2) is 5.03 Å². The van der Waals surface area contributed by atoms with E-state index in [1.807, 2.05) is 0 Å². The molecule has 1 aliphatic rings. The second-order valence-corrected chi connectivity index (χ2v) is 7.79. The molecule has 0 saturated heterocycles. The second kappa shape index (κ2) is 6.15. The van der Waals surface area contributed by atoms with E-state index in [4.69, 9.17) is 0 Å². The first-order valence-electron chi connectivity index (χ1n) is 7.01. The fourth-order valence-corrected chi connectivity index (χ4v) is 3.53. The first-order chi connectivity index (χ1) is 9.82. The van der Waals surface area contributed by atoms with Crippen LogP contribution in [-0.2, 0) is 14.8 Å². The highest BCUT2D eigenvalue weighted by atomic mass is 32.2. The highest BCUT2D eigenvalue weighted by molar-refractivity contribution is 7.89. The number of hydrogen-bond acceptors (Lipinski definition) is 4. The van der Waals surface area contributed by atoms with E-state index in [1.165, 1.54) is 31.2 Å². The van der Waals surface area contributed by atoms with Crippen LogP contribution in [0.4, 0.5) is 0 Å². The molecule has 1 aliphatic carbocycles. The van der Waals surface area contributed by atoms with Gasteiger partial charge in [-0.3, -0.25) is 0 Å². The van der Waals surface area contributed by atoms with Gasteiger partial charge in [-0.1, -0.05) is 25.7 Å². The molecule has 1 fully saturated rings. The molecule has 0 aromatic carbocycles. The van der Waals surface area contributed by atoms with E-state index in [-0.39, 0.29) is 5.03 Å². The van der Waals surface area contributed by atoms with E-state index < -0.39 is 22.0 Å². The lowest BCUT2D eigenvalue weighted by Crippen LogP contribution is -2.23. The number of imidazole rings is 1. The van der Waals surface area contributed by atoms with Crippen LogP contribution in [0.5, 0.6) is 0 Å². The van der Waals surface area contributed by atoms with Gasteiger partial charge in [0.05, 0.1) is 6.33 Å². The average molecular weight is 315 g/mol. The van der Waals surface area contributed by atoms with E-state index in [9.17, 15) is 18.3 Å². The minimum atomic E-state index is -3.63. The first kappa shape index (κ1) is 16.0. The molecule has 118 valence electrons. The molecule has 1 atom stereocenters. The Kier molecular flexibility index (Phi) is 4.67. The number of aromatic nitrogens is 2. The number of carboxylic acids is 1. The molecule has 21 heavy (non-hydrogen) atoms. The van der Waals surface area contributed by atoms with Gasteiger partial charge in [-0.05, 0) is 12.3 Å². The van der Waals surface area contributed by atoms with Crippen LogP contribution in [0.3, 0.4) is 0 Å². The number of carbonyl (C=O) groups is 1. The zero-order chi connectivity index (χ0) is 15.6. The van der Waals surface area contributed by atoms with Crippen LogP contribution in [0.1, 0.15) is 38.1 Å². The van der Waals surface area contributed by atoms with E-state index in [0.29, 0.717) is 12.3 Å². The van der Waals surface area contributed by atoms with Crippen LogP contribution in [-0.4, -0.2) is 47.4 Å². The van der Waals surface area contributed by atoms with Crippen molar-refractivity contribution in [3.63, 3.8) is 0 Å². The number of aliphatic carboxylic acids is 1. The molecular formula is C13H21N3O4S. The molecule has 1 unspecified atom stereocenters. The Bertz CT molecular complexity index is 603. The predicted octanol–water partition coefficient (Wildman–Crippen LogP) is 1.34. The second-order valence-electron chi connectivity index (χ2n) is 5.69. The molecule has 0 spiro atoms. The minimum absolute atomic E-state index is 0.120. The predicted molar refractivity (Wildman–Crippen MR) is 76.3 cm³/mol. The zero-order valence-corrected chi connectivity index (χ0v) is 13.1. The van der Waals surface area contributed by atoms with E-state index in [2.05, 4.69) is 4.98 Å². The minimum Gasteiger partial charge on any atom is -0.480 e. The lowest BCUT2D eigenvalue weighted by molar-refractivity contribution is -0.141. The maximum absolute atomic E-state index is 12.0. The van der Waals surface area contributed by atoms with E-state index in [0.717, 1.165) is 30.0 Å². The molecule has 1 aromatic rings. The third kappa shape index (κ3) is 3.44. The standard InChI is InChI=1S/C13H21N3O4S/c1-15(2)21(19,20)12-8-16(9-14-12)11(13(17)18)7-10-5-3-4-6-10/h8-11H,3-7H2,1-2H3,(H,17,18). The summed E-state index contributed by atoms with van der Waals surface area (Å²) >= 11 is 0. The van der Waals surface area contributed by atoms with Crippen molar-refractivity contribution in [1.82, 2.24) is 13.9 Å². The Morgan fingerprint density at radius 3 is 2.62 bits per heavy atom. The summed E-state index contributed by atoms with van der Waals surface area (Å²) in [5, 5.41) is 9.28. The average Bonchev–Trinajstić information content (AvgIpc) is 3.07. The van der Waals surface area contributed by atoms with Gasteiger partial charge in [-0.25, -0.2) is 22.5 Å². The molecule has 7 nitrogen and oxygen atoms in total. The maximum atomic E-state index is 12.0. The van der Waals surface area contributed by atoms with Crippen molar-refractivity contribution in [3.05, 3.63) is 12.5 Å². The smallest absolute Gasteiger partial charge is 0.326 e. The Labute approximate surface area is 124 Å². The summed E-state index contributed by atoms with van der Waals surface area (Å²) in [5.41, 5.74) is 0. The van der Waals surface area contributed by atoms with E-state index in [1.54, 1.807) is 0 Å². The van der Waals surface area contributed by atoms with Gasteiger partial charge in [0, 0.05) is 20.3 Å². The molecule has 1 N–H and O–H groups in total. The molecule has 0 amide bonds. The lowest BCUT2D eigenvalue weighted by Gasteiger charge is -2.17. The number of sulfonamides is 1. The number of carboxylic acid groups (broad SMARTS) is 1. The molecular weight excluding hydrogens is 294 g/mol. The third-order valence-electron chi connectivity index (χ3n) is 4.00. The number of nitrogens with zero attached hydrogens (tertiary/aromatic N) is 3. The third-order valence-corrected chi connectivity index (χ3v) is 5.70. The molecule has 8 heteroatoms. The number of hydrogen-bond donors (Lipinski definition) is 1. The van der Waals surface area contributed by atoms with Gasteiger partial charge in [0.1, 0.15) is 6.04 Å². The Balaban J connectivity index is 2.22. The summed E-state index contributed by atoms with van der Waals surface area (Å²) in [5.74, 6) is -0.560. The monoisotopic (exact) mass is 315 g/mol. The van der Waals surface area contributed by atoms with Gasteiger partial charge in [-0.2, -0.15) is 0 Å². The van der Waals surface area contributed by atoms with Crippen LogP contribution in [0.2, 0.25) is 0 Å². The van der Waals surface area contributed by atoms with Gasteiger partial charge in [0.25, 0.3) is 10.0 Å². The van der Waals surface area contributed by atoms with Gasteiger partial charge < -0.3 is 9.67 Å². The largest absolute Gasteiger partial charge is 0.480 e. The van der Waals surface area contributed by atoms with Crippen LogP contribution in [0.25, 0.3) is 0 Å². The summed E-state index contributed by atoms with van der Waals surface area (Å²) in [6.45, 7) is 0. The van der Waals surface area contributed by atoms with Crippen LogP contribution in [0.15, 0.2) is 17.6 Å². The van der Waals surface area contributed by atoms with Crippen LogP contribution >= 0.6 is 0 Å². The molecule has 2 rings (SSSR count). The zero-order valence-electron chi connectivity index (χ0n) is 12.3. The highest BCUT2D eigenvalue weighted by Crippen LogP contribution is 2.32. The highest BCUT2D eigenvalue weighted by Gasteiger charge is 2.28. The van der Waals surface area contributed by atoms with Gasteiger partial charge in [0.2, 0.25) is 0 Å². The fraction of sp³-hybridized carbons (Fsp3) is 0.692. The normalized spacial score (nSPS) is 18.2. The molecule has 0 aliphatic heterocycles. The van der Waals surface area contributed by atoms with Crippen LogP contribution in [0, 0.1) is 5.92 Å². The molecule has 1 aromatic heterocycles. The molecule has 0 radical (unpaired) electrons. The summed E-state index contributed by atoms with van der Waals surface area (Å²) in [4.78, 5) is 15.3. The molecule has 0 bridgehead atoms. The quantitative estimate of drug-likeness (QED) is 0.855. The van der Waals surface area contributed by atoms with Crippen LogP contribution < -0.4 is 0 Å². The van der Waals surface area contributed by atoms with Crippen molar-refractivity contribution in [2.75, 3.05) is 14.1 Å². The van der Waals surface area contributed by atoms with Crippen molar-refractivity contribution >= 4 is 16.0 Å². The van der Waals surface area contributed by atoms with Gasteiger partial charge >= 0.3 is 5.97 Å². The van der Waals surface area contributed by atoms with E-state index >= 15 is 0 Å². The van der Waals surface area contributed by atoms with Crippen molar-refractivity contribution in [2.45, 2.75) is 43.2 Å². The van der Waals surface area contributed by atoms with Gasteiger partial charge in [-0.15, -0.1) is 0 Å². The first-order valence-corrected chi connectivity index (χ1v) is 8.45. The summed E-state index contributed by atoms with van der Waals surface area (Å²) < 4.78 is 26.4. The molecule has 1 saturated carbocycles. The lowest BCUT2D eigenvalue weighted by atomic mass is 9.98. The Hall–Kier alpha value is -1.41. The number of rotatable bonds is 6. The SMILES string of the molecule is CN(C)S(=O)(=O)c1cn(C(CC2CCCC2)C(=O)O)cn1. The topological polar surface area (TPSA) is 92.5 Å². The Morgan fingerprint density at radius 1 is 1.48 bits per heavy atom. The van der Waals surface area contributed by atoms with Crippen molar-refractivity contribution in [2.24, 2.45) is 5.92 Å². The summed E-state index contributed by atoms with van der Waals surface area (Å²) in [7, 11) is -0.798. The summed E-state index contributed by atoms with van der Waals surface area (Å²) in [6.07, 6.45) is 7.49. The fourth-order valence-electron chi connectivity index (χ4n) is 2.72.